The summed E-state index contributed by atoms with van der Waals surface area (Å²) in [5.74, 6) is -0.730. The number of benzene rings is 1. The average molecular weight is 315 g/mol. The van der Waals surface area contributed by atoms with Crippen LogP contribution < -0.4 is 10.0 Å². The topological polar surface area (TPSA) is 78.5 Å². The maximum atomic E-state index is 13.0. The van der Waals surface area contributed by atoms with E-state index in [1.165, 1.54) is 31.3 Å². The summed E-state index contributed by atoms with van der Waals surface area (Å²) < 4.78 is 40.7. The summed E-state index contributed by atoms with van der Waals surface area (Å²) in [6.07, 6.45) is 0.285. The summed E-state index contributed by atoms with van der Waals surface area (Å²) in [4.78, 5) is 12.0. The first-order chi connectivity index (χ1) is 9.85. The van der Waals surface area contributed by atoms with Crippen molar-refractivity contribution in [3.05, 3.63) is 35.6 Å². The molecule has 6 nitrogen and oxygen atoms in total. The lowest BCUT2D eigenvalue weighted by Crippen LogP contribution is -2.57. The van der Waals surface area contributed by atoms with Gasteiger partial charge < -0.3 is 5.32 Å². The Bertz CT molecular complexity index is 618. The summed E-state index contributed by atoms with van der Waals surface area (Å²) in [7, 11) is -2.39. The van der Waals surface area contributed by atoms with Crippen LogP contribution in [-0.2, 0) is 15.0 Å². The van der Waals surface area contributed by atoms with Gasteiger partial charge in [-0.15, -0.1) is 0 Å². The van der Waals surface area contributed by atoms with E-state index in [2.05, 4.69) is 10.0 Å². The van der Waals surface area contributed by atoms with Crippen molar-refractivity contribution in [2.45, 2.75) is 25.4 Å². The van der Waals surface area contributed by atoms with Crippen molar-refractivity contribution in [2.75, 3.05) is 13.6 Å². The molecule has 116 valence electrons. The molecule has 1 aliphatic rings. The Balaban J connectivity index is 2.29. The van der Waals surface area contributed by atoms with Crippen LogP contribution in [-0.4, -0.2) is 38.3 Å². The number of nitrogens with zero attached hydrogens (tertiary/aromatic N) is 1. The molecule has 1 aromatic carbocycles. The lowest BCUT2D eigenvalue weighted by atomic mass is 9.99. The molecule has 1 saturated heterocycles. The number of nitrogens with one attached hydrogen (secondary N) is 2. The molecule has 0 spiro atoms. The van der Waals surface area contributed by atoms with E-state index < -0.39 is 28.1 Å². The van der Waals surface area contributed by atoms with Crippen LogP contribution in [0.1, 0.15) is 24.9 Å². The maximum absolute atomic E-state index is 13.0. The first-order valence-electron chi connectivity index (χ1n) is 6.63. The first-order valence-corrected chi connectivity index (χ1v) is 8.07. The fraction of sp³-hybridized carbons (Fsp3) is 0.462. The number of rotatable bonds is 3. The second-order valence-corrected chi connectivity index (χ2v) is 6.65. The Kier molecular flexibility index (Phi) is 4.60. The lowest BCUT2D eigenvalue weighted by molar-refractivity contribution is -0.125. The smallest absolute Gasteiger partial charge is 0.280 e. The van der Waals surface area contributed by atoms with Crippen molar-refractivity contribution < 1.29 is 17.6 Å². The minimum Gasteiger partial charge on any atom is -0.355 e. The van der Waals surface area contributed by atoms with Gasteiger partial charge in [0.2, 0.25) is 5.91 Å². The van der Waals surface area contributed by atoms with Gasteiger partial charge in [0.15, 0.2) is 0 Å². The van der Waals surface area contributed by atoms with Crippen LogP contribution in [0, 0.1) is 5.82 Å². The molecule has 2 rings (SSSR count). The molecule has 1 aromatic rings. The third-order valence-electron chi connectivity index (χ3n) is 3.49. The highest BCUT2D eigenvalue weighted by Crippen LogP contribution is 2.27. The number of carbonyl (C=O) groups excluding carboxylic acids is 1. The van der Waals surface area contributed by atoms with Gasteiger partial charge in [0.05, 0.1) is 0 Å². The SMILES string of the molecule is CCNC(=O)[C@H]1C[C@@H](c2ccc(F)cc2)NS(=O)(=O)N1C. The summed E-state index contributed by atoms with van der Waals surface area (Å²) >= 11 is 0. The molecular weight excluding hydrogens is 297 g/mol. The maximum Gasteiger partial charge on any atom is 0.280 e. The minimum absolute atomic E-state index is 0.285. The molecule has 1 heterocycles. The van der Waals surface area contributed by atoms with E-state index >= 15 is 0 Å². The summed E-state index contributed by atoms with van der Waals surface area (Å²) in [5.41, 5.74) is 0.627. The van der Waals surface area contributed by atoms with Crippen molar-refractivity contribution >= 4 is 16.1 Å². The monoisotopic (exact) mass is 315 g/mol. The number of likely N-dealkylation sites (N-methyl/N-ethyl adjacent to an activating group) is 2. The second kappa shape index (κ2) is 6.08. The molecule has 1 fully saturated rings. The molecule has 1 amide bonds. The van der Waals surface area contributed by atoms with Crippen LogP contribution in [0.25, 0.3) is 0 Å². The molecule has 2 N–H and O–H groups in total. The van der Waals surface area contributed by atoms with E-state index in [4.69, 9.17) is 0 Å². The van der Waals surface area contributed by atoms with Crippen LogP contribution in [0.2, 0.25) is 0 Å². The van der Waals surface area contributed by atoms with Crippen molar-refractivity contribution in [3.63, 3.8) is 0 Å². The highest BCUT2D eigenvalue weighted by Gasteiger charge is 2.40. The van der Waals surface area contributed by atoms with Gasteiger partial charge in [0, 0.05) is 19.6 Å². The van der Waals surface area contributed by atoms with E-state index in [0.29, 0.717) is 12.1 Å². The fourth-order valence-corrected chi connectivity index (χ4v) is 3.59. The van der Waals surface area contributed by atoms with E-state index in [1.54, 1.807) is 6.92 Å². The zero-order valence-electron chi connectivity index (χ0n) is 11.8. The Hall–Kier alpha value is -1.51. The predicted molar refractivity (Wildman–Crippen MR) is 76.0 cm³/mol. The molecule has 0 radical (unpaired) electrons. The number of halogens is 1. The molecule has 0 aliphatic carbocycles. The van der Waals surface area contributed by atoms with Crippen LogP contribution >= 0.6 is 0 Å². The molecule has 1 aliphatic heterocycles. The Morgan fingerprint density at radius 1 is 1.43 bits per heavy atom. The Labute approximate surface area is 123 Å². The van der Waals surface area contributed by atoms with Crippen molar-refractivity contribution in [2.24, 2.45) is 0 Å². The largest absolute Gasteiger partial charge is 0.355 e. The molecule has 2 atom stereocenters. The van der Waals surface area contributed by atoms with E-state index in [1.807, 2.05) is 0 Å². The van der Waals surface area contributed by atoms with Gasteiger partial charge in [-0.05, 0) is 31.0 Å². The number of amides is 1. The van der Waals surface area contributed by atoms with Gasteiger partial charge in [-0.25, -0.2) is 4.39 Å². The summed E-state index contributed by atoms with van der Waals surface area (Å²) in [5, 5.41) is 2.63. The minimum atomic E-state index is -3.75. The Morgan fingerprint density at radius 2 is 2.05 bits per heavy atom. The van der Waals surface area contributed by atoms with Crippen LogP contribution in [0.15, 0.2) is 24.3 Å². The highest BCUT2D eigenvalue weighted by molar-refractivity contribution is 7.87. The predicted octanol–water partition coefficient (Wildman–Crippen LogP) is 0.541. The molecule has 0 bridgehead atoms. The zero-order chi connectivity index (χ0) is 15.6. The van der Waals surface area contributed by atoms with Gasteiger partial charge in [-0.1, -0.05) is 12.1 Å². The summed E-state index contributed by atoms with van der Waals surface area (Å²) in [6, 6.07) is 4.22. The lowest BCUT2D eigenvalue weighted by Gasteiger charge is -2.36. The quantitative estimate of drug-likeness (QED) is 0.854. The first kappa shape index (κ1) is 15.9. The normalized spacial score (nSPS) is 25.5. The van der Waals surface area contributed by atoms with Gasteiger partial charge in [0.25, 0.3) is 10.2 Å². The molecule has 0 aromatic heterocycles. The molecule has 0 unspecified atom stereocenters. The third kappa shape index (κ3) is 3.39. The van der Waals surface area contributed by atoms with Crippen molar-refractivity contribution in [3.8, 4) is 0 Å². The van der Waals surface area contributed by atoms with E-state index in [9.17, 15) is 17.6 Å². The highest BCUT2D eigenvalue weighted by atomic mass is 32.2. The number of hydrogen-bond donors (Lipinski definition) is 2. The van der Waals surface area contributed by atoms with E-state index in [0.717, 1.165) is 4.31 Å². The van der Waals surface area contributed by atoms with Crippen LogP contribution in [0.3, 0.4) is 0 Å². The second-order valence-electron chi connectivity index (χ2n) is 4.89. The fourth-order valence-electron chi connectivity index (χ4n) is 2.31. The zero-order valence-corrected chi connectivity index (χ0v) is 12.7. The van der Waals surface area contributed by atoms with Crippen LogP contribution in [0.5, 0.6) is 0 Å². The van der Waals surface area contributed by atoms with Gasteiger partial charge in [-0.3, -0.25) is 4.79 Å². The van der Waals surface area contributed by atoms with Crippen LogP contribution in [0.4, 0.5) is 4.39 Å². The van der Waals surface area contributed by atoms with Gasteiger partial charge in [-0.2, -0.15) is 17.4 Å². The molecular formula is C13H18FN3O3S. The van der Waals surface area contributed by atoms with Gasteiger partial charge >= 0.3 is 0 Å². The van der Waals surface area contributed by atoms with Crippen molar-refractivity contribution in [1.82, 2.24) is 14.3 Å². The molecule has 8 heteroatoms. The average Bonchev–Trinajstić information content (AvgIpc) is 2.42. The van der Waals surface area contributed by atoms with Gasteiger partial charge in [0.1, 0.15) is 11.9 Å². The Morgan fingerprint density at radius 3 is 2.62 bits per heavy atom. The number of hydrogen-bond acceptors (Lipinski definition) is 3. The molecule has 21 heavy (non-hydrogen) atoms. The molecule has 0 saturated carbocycles. The number of carbonyl (C=O) groups is 1. The van der Waals surface area contributed by atoms with E-state index in [-0.39, 0.29) is 12.3 Å². The summed E-state index contributed by atoms with van der Waals surface area (Å²) in [6.45, 7) is 2.20. The standard InChI is InChI=1S/C13H18FN3O3S/c1-3-15-13(18)12-8-11(16-21(19,20)17(12)2)9-4-6-10(14)7-5-9/h4-7,11-12,16H,3,8H2,1-2H3,(H,15,18)/t11-,12+/m0/s1. The third-order valence-corrected chi connectivity index (χ3v) is 5.09. The van der Waals surface area contributed by atoms with Crippen molar-refractivity contribution in [1.29, 1.82) is 0 Å².